The van der Waals surface area contributed by atoms with Crippen LogP contribution < -0.4 is 11.4 Å². The minimum absolute atomic E-state index is 0.140. The topological polar surface area (TPSA) is 94.4 Å². The first-order chi connectivity index (χ1) is 5.66. The van der Waals surface area contributed by atoms with E-state index >= 15 is 0 Å². The Hall–Kier alpha value is -1.77. The molecule has 2 N–H and O–H groups in total. The van der Waals surface area contributed by atoms with Crippen molar-refractivity contribution in [3.05, 3.63) is 21.0 Å². The van der Waals surface area contributed by atoms with Crippen LogP contribution in [0.2, 0.25) is 0 Å². The number of aromatic nitrogens is 3. The van der Waals surface area contributed by atoms with Crippen LogP contribution in [0.15, 0.2) is 9.59 Å². The van der Waals surface area contributed by atoms with Gasteiger partial charge in [0, 0.05) is 0 Å². The van der Waals surface area contributed by atoms with Gasteiger partial charge < -0.3 is 0 Å². The lowest BCUT2D eigenvalue weighted by molar-refractivity contribution is 0.527. The van der Waals surface area contributed by atoms with E-state index in [2.05, 4.69) is 10.2 Å². The zero-order chi connectivity index (χ0) is 9.14. The Bertz CT molecular complexity index is 377. The lowest BCUT2D eigenvalue weighted by atomic mass is 10.2. The molecule has 1 atom stereocenters. The molecule has 1 aromatic heterocycles. The molecule has 0 saturated heterocycles. The van der Waals surface area contributed by atoms with E-state index in [0.29, 0.717) is 0 Å². The van der Waals surface area contributed by atoms with Crippen LogP contribution in [-0.2, 0) is 0 Å². The standard InChI is InChI=1S/C6H8N4O2/c1-4(2-3-7)10-5(11)8-9-6(10)12/h4H,2H2,1H3,(H,8,11)(H,9,12). The third-order valence-electron chi connectivity index (χ3n) is 1.54. The summed E-state index contributed by atoms with van der Waals surface area (Å²) in [5.41, 5.74) is -1.02. The predicted octanol–water partition coefficient (Wildman–Crippen LogP) is -0.661. The second-order valence-corrected chi connectivity index (χ2v) is 2.44. The highest BCUT2D eigenvalue weighted by molar-refractivity contribution is 4.80. The van der Waals surface area contributed by atoms with Crippen molar-refractivity contribution in [1.82, 2.24) is 14.8 Å². The monoisotopic (exact) mass is 168 g/mol. The Labute approximate surface area is 67.4 Å². The molecule has 1 heterocycles. The molecule has 64 valence electrons. The molecular weight excluding hydrogens is 160 g/mol. The number of hydrogen-bond acceptors (Lipinski definition) is 3. The van der Waals surface area contributed by atoms with Gasteiger partial charge in [-0.15, -0.1) is 0 Å². The van der Waals surface area contributed by atoms with Crippen LogP contribution >= 0.6 is 0 Å². The van der Waals surface area contributed by atoms with Crippen molar-refractivity contribution in [1.29, 1.82) is 5.26 Å². The van der Waals surface area contributed by atoms with Crippen molar-refractivity contribution >= 4 is 0 Å². The quantitative estimate of drug-likeness (QED) is 0.613. The van der Waals surface area contributed by atoms with Crippen molar-refractivity contribution in [3.8, 4) is 6.07 Å². The Morgan fingerprint density at radius 3 is 2.42 bits per heavy atom. The molecular formula is C6H8N4O2. The third kappa shape index (κ3) is 1.29. The first-order valence-electron chi connectivity index (χ1n) is 3.43. The fourth-order valence-corrected chi connectivity index (χ4v) is 0.943. The van der Waals surface area contributed by atoms with Crippen molar-refractivity contribution in [2.24, 2.45) is 0 Å². The Morgan fingerprint density at radius 2 is 2.00 bits per heavy atom. The molecule has 0 aromatic carbocycles. The van der Waals surface area contributed by atoms with Crippen molar-refractivity contribution in [2.75, 3.05) is 0 Å². The maximum Gasteiger partial charge on any atom is 0.344 e. The SMILES string of the molecule is CC(CC#N)n1c(=O)[nH][nH]c1=O. The van der Waals surface area contributed by atoms with Gasteiger partial charge in [-0.25, -0.2) is 24.4 Å². The minimum atomic E-state index is -0.511. The molecule has 1 aromatic rings. The summed E-state index contributed by atoms with van der Waals surface area (Å²) in [5.74, 6) is 0. The Morgan fingerprint density at radius 1 is 1.50 bits per heavy atom. The maximum atomic E-state index is 10.9. The fraction of sp³-hybridized carbons (Fsp3) is 0.500. The average molecular weight is 168 g/mol. The third-order valence-corrected chi connectivity index (χ3v) is 1.54. The number of nitriles is 1. The summed E-state index contributed by atoms with van der Waals surface area (Å²) in [6, 6.07) is 1.49. The second-order valence-electron chi connectivity index (χ2n) is 2.44. The molecule has 1 unspecified atom stereocenters. The largest absolute Gasteiger partial charge is 0.344 e. The molecule has 6 nitrogen and oxygen atoms in total. The Balaban J connectivity index is 3.11. The Kier molecular flexibility index (Phi) is 2.14. The van der Waals surface area contributed by atoms with E-state index in [0.717, 1.165) is 4.57 Å². The number of H-pyrrole nitrogens is 2. The number of rotatable bonds is 2. The van der Waals surface area contributed by atoms with Gasteiger partial charge in [0.25, 0.3) is 0 Å². The van der Waals surface area contributed by atoms with Gasteiger partial charge in [0.2, 0.25) is 0 Å². The smallest absolute Gasteiger partial charge is 0.247 e. The molecule has 0 fully saturated rings. The zero-order valence-electron chi connectivity index (χ0n) is 6.50. The molecule has 0 amide bonds. The van der Waals surface area contributed by atoms with Gasteiger partial charge in [-0.1, -0.05) is 0 Å². The van der Waals surface area contributed by atoms with Crippen LogP contribution in [0.3, 0.4) is 0 Å². The molecule has 6 heteroatoms. The van der Waals surface area contributed by atoms with Crippen LogP contribution in [-0.4, -0.2) is 14.8 Å². The van der Waals surface area contributed by atoms with Crippen molar-refractivity contribution in [3.63, 3.8) is 0 Å². The minimum Gasteiger partial charge on any atom is -0.247 e. The number of nitrogens with one attached hydrogen (secondary N) is 2. The summed E-state index contributed by atoms with van der Waals surface area (Å²) in [6.45, 7) is 1.63. The van der Waals surface area contributed by atoms with E-state index in [1.807, 2.05) is 6.07 Å². The van der Waals surface area contributed by atoms with E-state index in [1.165, 1.54) is 0 Å². The van der Waals surface area contributed by atoms with Crippen LogP contribution in [0.5, 0.6) is 0 Å². The summed E-state index contributed by atoms with van der Waals surface area (Å²) in [5, 5.41) is 12.6. The molecule has 0 spiro atoms. The highest BCUT2D eigenvalue weighted by Gasteiger charge is 2.10. The molecule has 0 aliphatic carbocycles. The predicted molar refractivity (Wildman–Crippen MR) is 40.6 cm³/mol. The van der Waals surface area contributed by atoms with Crippen molar-refractivity contribution in [2.45, 2.75) is 19.4 Å². The highest BCUT2D eigenvalue weighted by Crippen LogP contribution is 2.01. The first kappa shape index (κ1) is 8.33. The van der Waals surface area contributed by atoms with Gasteiger partial charge >= 0.3 is 11.4 Å². The van der Waals surface area contributed by atoms with Gasteiger partial charge in [-0.05, 0) is 6.92 Å². The summed E-state index contributed by atoms with van der Waals surface area (Å²) >= 11 is 0. The lowest BCUT2D eigenvalue weighted by Gasteiger charge is -2.03. The summed E-state index contributed by atoms with van der Waals surface area (Å²) in [7, 11) is 0. The fourth-order valence-electron chi connectivity index (χ4n) is 0.943. The molecule has 12 heavy (non-hydrogen) atoms. The first-order valence-corrected chi connectivity index (χ1v) is 3.43. The molecule has 0 aliphatic rings. The van der Waals surface area contributed by atoms with Crippen LogP contribution in [0, 0.1) is 11.3 Å². The summed E-state index contributed by atoms with van der Waals surface area (Å²) in [4.78, 5) is 21.8. The molecule has 1 rings (SSSR count). The number of nitrogens with zero attached hydrogens (tertiary/aromatic N) is 2. The lowest BCUT2D eigenvalue weighted by Crippen LogP contribution is -2.29. The van der Waals surface area contributed by atoms with Crippen molar-refractivity contribution < 1.29 is 0 Å². The van der Waals surface area contributed by atoms with Gasteiger partial charge in [0.1, 0.15) is 0 Å². The molecule has 0 aliphatic heterocycles. The highest BCUT2D eigenvalue weighted by atomic mass is 16.2. The second kappa shape index (κ2) is 3.09. The molecule has 0 radical (unpaired) electrons. The van der Waals surface area contributed by atoms with Gasteiger partial charge in [0.05, 0.1) is 18.5 Å². The van der Waals surface area contributed by atoms with Crippen LogP contribution in [0.1, 0.15) is 19.4 Å². The number of aromatic amines is 2. The van der Waals surface area contributed by atoms with Gasteiger partial charge in [-0.2, -0.15) is 5.26 Å². The van der Waals surface area contributed by atoms with Crippen LogP contribution in [0.25, 0.3) is 0 Å². The van der Waals surface area contributed by atoms with Gasteiger partial charge in [0.15, 0.2) is 0 Å². The van der Waals surface area contributed by atoms with E-state index in [9.17, 15) is 9.59 Å². The number of hydrogen-bond donors (Lipinski definition) is 2. The molecule has 0 saturated carbocycles. The summed E-state index contributed by atoms with van der Waals surface area (Å²) in [6.07, 6.45) is 0.140. The van der Waals surface area contributed by atoms with Gasteiger partial charge in [-0.3, -0.25) is 0 Å². The van der Waals surface area contributed by atoms with E-state index < -0.39 is 17.4 Å². The molecule has 0 bridgehead atoms. The zero-order valence-corrected chi connectivity index (χ0v) is 6.50. The van der Waals surface area contributed by atoms with E-state index in [1.54, 1.807) is 6.92 Å². The average Bonchev–Trinajstić information content (AvgIpc) is 2.32. The van der Waals surface area contributed by atoms with E-state index in [-0.39, 0.29) is 6.42 Å². The van der Waals surface area contributed by atoms with Crippen LogP contribution in [0.4, 0.5) is 0 Å². The normalized spacial score (nSPS) is 12.3. The van der Waals surface area contributed by atoms with E-state index in [4.69, 9.17) is 5.26 Å². The summed E-state index contributed by atoms with van der Waals surface area (Å²) < 4.78 is 0.975. The maximum absolute atomic E-state index is 10.9.